The minimum atomic E-state index is -1.16. The Bertz CT molecular complexity index is 2660. The van der Waals surface area contributed by atoms with Gasteiger partial charge in [0.25, 0.3) is 5.91 Å². The molecule has 2 fully saturated rings. The van der Waals surface area contributed by atoms with Crippen molar-refractivity contribution in [2.75, 3.05) is 27.3 Å². The summed E-state index contributed by atoms with van der Waals surface area (Å²) in [5, 5.41) is 27.4. The number of phenols is 2. The molecule has 4 heterocycles. The van der Waals surface area contributed by atoms with E-state index in [0.717, 1.165) is 63.7 Å². The highest BCUT2D eigenvalue weighted by Gasteiger charge is 2.39. The molecule has 0 radical (unpaired) electrons. The Morgan fingerprint density at radius 2 is 1.17 bits per heavy atom. The van der Waals surface area contributed by atoms with E-state index in [0.29, 0.717) is 36.7 Å². The molecule has 16 heteroatoms. The Morgan fingerprint density at radius 1 is 0.651 bits per heavy atom. The molecule has 0 aliphatic carbocycles. The highest BCUT2D eigenvalue weighted by molar-refractivity contribution is 5.91. The number of methoxy groups -OCH3 is 2. The Labute approximate surface area is 363 Å². The zero-order valence-electron chi connectivity index (χ0n) is 35.4. The summed E-state index contributed by atoms with van der Waals surface area (Å²) in [4.78, 5) is 71.5. The number of aromatic hydroxyl groups is 2. The van der Waals surface area contributed by atoms with Gasteiger partial charge in [0.15, 0.2) is 11.5 Å². The minimum absolute atomic E-state index is 0.118. The molecule has 8 rings (SSSR count). The van der Waals surface area contributed by atoms with E-state index < -0.39 is 35.9 Å². The maximum atomic E-state index is 14.0. The van der Waals surface area contributed by atoms with Gasteiger partial charge in [-0.05, 0) is 88.9 Å². The predicted octanol–water partition coefficient (Wildman–Crippen LogP) is 7.50. The zero-order valence-corrected chi connectivity index (χ0v) is 35.4. The van der Waals surface area contributed by atoms with Gasteiger partial charge in [0.2, 0.25) is 5.91 Å². The van der Waals surface area contributed by atoms with Crippen LogP contribution in [0.2, 0.25) is 0 Å². The van der Waals surface area contributed by atoms with Gasteiger partial charge in [-0.15, -0.1) is 0 Å². The fraction of sp³-hybridized carbons (Fsp3) is 0.319. The van der Waals surface area contributed by atoms with E-state index >= 15 is 0 Å². The summed E-state index contributed by atoms with van der Waals surface area (Å²) >= 11 is 0. The fourth-order valence-electron chi connectivity index (χ4n) is 8.60. The number of rotatable bonds is 11. The maximum Gasteiger partial charge on any atom is 0.407 e. The molecule has 6 N–H and O–H groups in total. The van der Waals surface area contributed by atoms with E-state index in [9.17, 15) is 29.4 Å². The molecule has 0 spiro atoms. The van der Waals surface area contributed by atoms with Crippen LogP contribution in [0.5, 0.6) is 11.5 Å². The summed E-state index contributed by atoms with van der Waals surface area (Å²) in [5.74, 6) is -0.0891. The number of carbonyl (C=O) groups excluding carboxylic acids is 4. The molecule has 4 aromatic carbocycles. The van der Waals surface area contributed by atoms with Gasteiger partial charge in [-0.2, -0.15) is 0 Å². The minimum Gasteiger partial charge on any atom is -0.504 e. The molecule has 3 unspecified atom stereocenters. The molecule has 2 saturated heterocycles. The first kappa shape index (κ1) is 42.3. The third-order valence-electron chi connectivity index (χ3n) is 12.0. The van der Waals surface area contributed by atoms with Gasteiger partial charge in [-0.25, -0.2) is 19.6 Å². The van der Waals surface area contributed by atoms with Crippen molar-refractivity contribution in [3.63, 3.8) is 0 Å². The number of fused-ring (bicyclic) bond motifs is 1. The van der Waals surface area contributed by atoms with E-state index in [-0.39, 0.29) is 29.7 Å². The van der Waals surface area contributed by atoms with Crippen molar-refractivity contribution in [3.8, 4) is 45.1 Å². The average Bonchev–Trinajstić information content (AvgIpc) is 4.15. The summed E-state index contributed by atoms with van der Waals surface area (Å²) in [5.41, 5.74) is 5.92. The molecule has 326 valence electrons. The number of likely N-dealkylation sites (tertiary alicyclic amines) is 2. The second-order valence-corrected chi connectivity index (χ2v) is 16.3. The number of aromatic amines is 2. The quantitative estimate of drug-likeness (QED) is 0.0706. The lowest BCUT2D eigenvalue weighted by atomic mass is 9.98. The summed E-state index contributed by atoms with van der Waals surface area (Å²) in [6.07, 6.45) is 5.11. The van der Waals surface area contributed by atoms with Crippen molar-refractivity contribution in [2.24, 2.45) is 5.92 Å². The standard InChI is InChI=1S/C47H50N8O8/c1-26(2)40(52-46(60)62-3)44(58)54-19-5-7-36(54)43-49-25-35(51-43)32-16-15-30-21-29(13-14-31(30)22-32)27-9-11-28(12-10-27)34-24-48-42(50-34)37-8-6-20-55(37)45(59)41(53-47(61)63-4)33-17-18-38(56)39(57)23-33/h9-18,21-26,36-37,40-41,56-57H,5-8,19-20H2,1-4H3,(H,48,50)(H,49,51)(H,52,60)(H,53,61)/t36-,37?,40?,41?/m0/s1. The number of ether oxygens (including phenoxy) is 2. The largest absolute Gasteiger partial charge is 0.504 e. The van der Waals surface area contributed by atoms with Crippen LogP contribution in [0, 0.1) is 5.92 Å². The highest BCUT2D eigenvalue weighted by Crippen LogP contribution is 2.37. The number of phenolic OH excluding ortho intramolecular Hbond substituents is 2. The van der Waals surface area contributed by atoms with Gasteiger partial charge >= 0.3 is 12.2 Å². The van der Waals surface area contributed by atoms with Crippen LogP contribution in [0.4, 0.5) is 9.59 Å². The first-order chi connectivity index (χ1) is 30.4. The van der Waals surface area contributed by atoms with Crippen molar-refractivity contribution in [1.82, 2.24) is 40.4 Å². The number of carbonyl (C=O) groups is 4. The van der Waals surface area contributed by atoms with Gasteiger partial charge in [0.05, 0.1) is 50.1 Å². The first-order valence-corrected chi connectivity index (χ1v) is 21.0. The molecule has 63 heavy (non-hydrogen) atoms. The number of hydrogen-bond acceptors (Lipinski definition) is 10. The third-order valence-corrected chi connectivity index (χ3v) is 12.0. The Morgan fingerprint density at radius 3 is 1.76 bits per heavy atom. The molecule has 2 aliphatic rings. The molecule has 16 nitrogen and oxygen atoms in total. The predicted molar refractivity (Wildman–Crippen MR) is 234 cm³/mol. The second-order valence-electron chi connectivity index (χ2n) is 16.3. The van der Waals surface area contributed by atoms with Crippen LogP contribution in [0.1, 0.15) is 74.9 Å². The van der Waals surface area contributed by atoms with Gasteiger partial charge < -0.3 is 50.1 Å². The summed E-state index contributed by atoms with van der Waals surface area (Å²) in [7, 11) is 2.49. The van der Waals surface area contributed by atoms with Gasteiger partial charge in [0.1, 0.15) is 23.7 Å². The number of amides is 4. The highest BCUT2D eigenvalue weighted by atomic mass is 16.5. The number of benzene rings is 4. The average molecular weight is 855 g/mol. The molecule has 2 aliphatic heterocycles. The molecule has 2 aromatic heterocycles. The number of nitrogens with zero attached hydrogens (tertiary/aromatic N) is 4. The first-order valence-electron chi connectivity index (χ1n) is 21.0. The molecular formula is C47H50N8O8. The third kappa shape index (κ3) is 8.74. The molecule has 0 bridgehead atoms. The summed E-state index contributed by atoms with van der Waals surface area (Å²) in [6.45, 7) is 4.81. The van der Waals surface area contributed by atoms with Crippen molar-refractivity contribution < 1.29 is 38.9 Å². The van der Waals surface area contributed by atoms with E-state index in [1.54, 1.807) is 22.2 Å². The molecular weight excluding hydrogens is 805 g/mol. The van der Waals surface area contributed by atoms with Crippen molar-refractivity contribution in [1.29, 1.82) is 0 Å². The zero-order chi connectivity index (χ0) is 44.4. The number of alkyl carbamates (subject to hydrolysis) is 2. The SMILES string of the molecule is COC(=O)NC(C(=O)N1CCCC1c1ncc(-c2ccc(-c3ccc4cc(-c5cnc([C@@H]6CCCN6C(=O)C(NC(=O)OC)C(C)C)[nH]5)ccc4c3)cc2)[nH]1)c1ccc(O)c(O)c1. The van der Waals surface area contributed by atoms with Crippen LogP contribution in [0.3, 0.4) is 0 Å². The van der Waals surface area contributed by atoms with Gasteiger partial charge in [-0.3, -0.25) is 9.59 Å². The van der Waals surface area contributed by atoms with Crippen molar-refractivity contribution in [2.45, 2.75) is 63.7 Å². The number of hydrogen-bond donors (Lipinski definition) is 6. The Hall–Kier alpha value is -7.36. The van der Waals surface area contributed by atoms with Crippen molar-refractivity contribution in [3.05, 3.63) is 108 Å². The topological polar surface area (TPSA) is 215 Å². The summed E-state index contributed by atoms with van der Waals surface area (Å²) in [6, 6.07) is 22.3. The summed E-state index contributed by atoms with van der Waals surface area (Å²) < 4.78 is 9.54. The van der Waals surface area contributed by atoms with Gasteiger partial charge in [-0.1, -0.05) is 68.4 Å². The monoisotopic (exact) mass is 854 g/mol. The molecule has 4 amide bonds. The second kappa shape index (κ2) is 17.9. The van der Waals surface area contributed by atoms with Crippen LogP contribution in [0.25, 0.3) is 44.4 Å². The lowest BCUT2D eigenvalue weighted by Crippen LogP contribution is -2.51. The smallest absolute Gasteiger partial charge is 0.407 e. The maximum absolute atomic E-state index is 14.0. The Balaban J connectivity index is 0.945. The van der Waals surface area contributed by atoms with Crippen molar-refractivity contribution >= 4 is 34.8 Å². The van der Waals surface area contributed by atoms with E-state index in [4.69, 9.17) is 14.5 Å². The van der Waals surface area contributed by atoms with Crippen LogP contribution < -0.4 is 10.6 Å². The lowest BCUT2D eigenvalue weighted by Gasteiger charge is -2.30. The van der Waals surface area contributed by atoms with E-state index in [2.05, 4.69) is 74.1 Å². The fourth-order valence-corrected chi connectivity index (χ4v) is 8.60. The number of imidazole rings is 2. The van der Waals surface area contributed by atoms with Gasteiger partial charge in [0, 0.05) is 18.7 Å². The van der Waals surface area contributed by atoms with Crippen LogP contribution in [0.15, 0.2) is 91.3 Å². The molecule has 0 saturated carbocycles. The van der Waals surface area contributed by atoms with Crippen LogP contribution in [-0.4, -0.2) is 97.3 Å². The number of nitrogens with one attached hydrogen (secondary N) is 4. The van der Waals surface area contributed by atoms with E-state index in [1.807, 2.05) is 26.0 Å². The van der Waals surface area contributed by atoms with E-state index in [1.165, 1.54) is 32.4 Å². The number of H-pyrrole nitrogens is 2. The normalized spacial score (nSPS) is 17.2. The lowest BCUT2D eigenvalue weighted by molar-refractivity contribution is -0.135. The van der Waals surface area contributed by atoms with Crippen LogP contribution >= 0.6 is 0 Å². The molecule has 6 aromatic rings. The van der Waals surface area contributed by atoms with Crippen LogP contribution in [-0.2, 0) is 19.1 Å². The Kier molecular flexibility index (Phi) is 12.0. The molecule has 4 atom stereocenters. The number of aromatic nitrogens is 4.